The van der Waals surface area contributed by atoms with Gasteiger partial charge in [-0.05, 0) is 35.9 Å². The largest absolute Gasteiger partial charge is 0.497 e. The van der Waals surface area contributed by atoms with Crippen LogP contribution in [0.1, 0.15) is 15.9 Å². The number of methoxy groups -OCH3 is 1. The number of ether oxygens (including phenoxy) is 1. The molecule has 1 aliphatic heterocycles. The third kappa shape index (κ3) is 3.59. The van der Waals surface area contributed by atoms with Crippen LogP contribution >= 0.6 is 0 Å². The molecule has 1 aliphatic rings. The molecule has 1 fully saturated rings. The Bertz CT molecular complexity index is 687. The van der Waals surface area contributed by atoms with Crippen molar-refractivity contribution in [3.63, 3.8) is 0 Å². The highest BCUT2D eigenvalue weighted by atomic mass is 16.5. The van der Waals surface area contributed by atoms with Gasteiger partial charge in [-0.15, -0.1) is 0 Å². The monoisotopic (exact) mass is 327 g/mol. The van der Waals surface area contributed by atoms with E-state index in [0.29, 0.717) is 38.2 Å². The first kappa shape index (κ1) is 16.1. The van der Waals surface area contributed by atoms with Gasteiger partial charge in [0.05, 0.1) is 13.5 Å². The number of aromatic nitrogens is 1. The molecule has 0 saturated carbocycles. The average molecular weight is 327 g/mol. The summed E-state index contributed by atoms with van der Waals surface area (Å²) in [7, 11) is 1.60. The van der Waals surface area contributed by atoms with Crippen LogP contribution in [0.2, 0.25) is 0 Å². The molecule has 1 aromatic heterocycles. The molecular weight excluding hydrogens is 306 g/mol. The van der Waals surface area contributed by atoms with Crippen LogP contribution in [0.3, 0.4) is 0 Å². The number of amides is 2. The minimum Gasteiger partial charge on any atom is -0.497 e. The maximum atomic E-state index is 12.5. The van der Waals surface area contributed by atoms with Crippen LogP contribution in [-0.2, 0) is 11.2 Å². The van der Waals surface area contributed by atoms with Crippen molar-refractivity contribution in [2.45, 2.75) is 6.42 Å². The van der Waals surface area contributed by atoms with Gasteiger partial charge in [-0.2, -0.15) is 0 Å². The standard InChI is InChI=1S/C18H21N3O3/c1-24-16-4-2-15(3-5-16)18(23)21-10-8-20(9-11-21)17(22)12-14-6-7-19-13-14/h2-7,13,19H,8-12H2,1H3. The number of carbonyl (C=O) groups is 2. The maximum Gasteiger partial charge on any atom is 0.253 e. The van der Waals surface area contributed by atoms with E-state index in [0.717, 1.165) is 11.3 Å². The second kappa shape index (κ2) is 7.21. The van der Waals surface area contributed by atoms with Gasteiger partial charge in [0.25, 0.3) is 5.91 Å². The Balaban J connectivity index is 1.54. The molecule has 0 spiro atoms. The van der Waals surface area contributed by atoms with Crippen LogP contribution in [-0.4, -0.2) is 59.9 Å². The zero-order valence-corrected chi connectivity index (χ0v) is 13.7. The van der Waals surface area contributed by atoms with Gasteiger partial charge in [0.15, 0.2) is 0 Å². The fourth-order valence-electron chi connectivity index (χ4n) is 2.83. The van der Waals surface area contributed by atoms with E-state index in [4.69, 9.17) is 4.74 Å². The molecule has 6 nitrogen and oxygen atoms in total. The molecule has 2 aromatic rings. The highest BCUT2D eigenvalue weighted by Gasteiger charge is 2.24. The summed E-state index contributed by atoms with van der Waals surface area (Å²) in [5.41, 5.74) is 1.62. The van der Waals surface area contributed by atoms with Gasteiger partial charge in [0.1, 0.15) is 5.75 Å². The van der Waals surface area contributed by atoms with Crippen LogP contribution in [0, 0.1) is 0 Å². The van der Waals surface area contributed by atoms with E-state index < -0.39 is 0 Å². The van der Waals surface area contributed by atoms with Crippen LogP contribution < -0.4 is 4.74 Å². The fraction of sp³-hybridized carbons (Fsp3) is 0.333. The lowest BCUT2D eigenvalue weighted by Crippen LogP contribution is -2.51. The average Bonchev–Trinajstić information content (AvgIpc) is 3.14. The van der Waals surface area contributed by atoms with Gasteiger partial charge in [0.2, 0.25) is 5.91 Å². The summed E-state index contributed by atoms with van der Waals surface area (Å²) < 4.78 is 5.11. The van der Waals surface area contributed by atoms with E-state index in [-0.39, 0.29) is 11.8 Å². The van der Waals surface area contributed by atoms with Gasteiger partial charge in [-0.1, -0.05) is 0 Å². The first-order valence-corrected chi connectivity index (χ1v) is 8.00. The summed E-state index contributed by atoms with van der Waals surface area (Å²) in [5, 5.41) is 0. The van der Waals surface area contributed by atoms with E-state index in [2.05, 4.69) is 4.98 Å². The highest BCUT2D eigenvalue weighted by Crippen LogP contribution is 2.14. The summed E-state index contributed by atoms with van der Waals surface area (Å²) in [6, 6.07) is 9.00. The number of piperazine rings is 1. The first-order valence-electron chi connectivity index (χ1n) is 8.00. The topological polar surface area (TPSA) is 65.6 Å². The summed E-state index contributed by atoms with van der Waals surface area (Å²) in [4.78, 5) is 31.4. The number of hydrogen-bond acceptors (Lipinski definition) is 3. The van der Waals surface area contributed by atoms with Gasteiger partial charge in [0, 0.05) is 44.1 Å². The van der Waals surface area contributed by atoms with E-state index >= 15 is 0 Å². The van der Waals surface area contributed by atoms with E-state index in [1.807, 2.05) is 23.4 Å². The fourth-order valence-corrected chi connectivity index (χ4v) is 2.83. The molecule has 0 bridgehead atoms. The number of nitrogens with one attached hydrogen (secondary N) is 1. The third-order valence-corrected chi connectivity index (χ3v) is 4.27. The molecular formula is C18H21N3O3. The Kier molecular flexibility index (Phi) is 4.84. The SMILES string of the molecule is COc1ccc(C(=O)N2CCN(C(=O)Cc3cc[nH]c3)CC2)cc1. The predicted molar refractivity (Wildman–Crippen MR) is 90.0 cm³/mol. The van der Waals surface area contributed by atoms with Crippen molar-refractivity contribution < 1.29 is 14.3 Å². The molecule has 0 aliphatic carbocycles. The maximum absolute atomic E-state index is 12.5. The normalized spacial score (nSPS) is 14.5. The quantitative estimate of drug-likeness (QED) is 0.926. The van der Waals surface area contributed by atoms with Crippen LogP contribution in [0.15, 0.2) is 42.7 Å². The first-order chi connectivity index (χ1) is 11.7. The summed E-state index contributed by atoms with van der Waals surface area (Å²) >= 11 is 0. The third-order valence-electron chi connectivity index (χ3n) is 4.27. The van der Waals surface area contributed by atoms with Crippen LogP contribution in [0.4, 0.5) is 0 Å². The highest BCUT2D eigenvalue weighted by molar-refractivity contribution is 5.94. The summed E-state index contributed by atoms with van der Waals surface area (Å²) in [6.07, 6.45) is 4.05. The lowest BCUT2D eigenvalue weighted by Gasteiger charge is -2.34. The van der Waals surface area contributed by atoms with Crippen LogP contribution in [0.5, 0.6) is 5.75 Å². The van der Waals surface area contributed by atoms with Crippen molar-refractivity contribution in [1.82, 2.24) is 14.8 Å². The van der Waals surface area contributed by atoms with Crippen LogP contribution in [0.25, 0.3) is 0 Å². The number of hydrogen-bond donors (Lipinski definition) is 1. The zero-order chi connectivity index (χ0) is 16.9. The Morgan fingerprint density at radius 3 is 2.29 bits per heavy atom. The second-order valence-corrected chi connectivity index (χ2v) is 5.80. The lowest BCUT2D eigenvalue weighted by atomic mass is 10.1. The Morgan fingerprint density at radius 1 is 1.04 bits per heavy atom. The molecule has 0 atom stereocenters. The van der Waals surface area contributed by atoms with E-state index in [9.17, 15) is 9.59 Å². The molecule has 6 heteroatoms. The molecule has 1 N–H and O–H groups in total. The zero-order valence-electron chi connectivity index (χ0n) is 13.7. The number of H-pyrrole nitrogens is 1. The molecule has 0 radical (unpaired) electrons. The molecule has 1 saturated heterocycles. The molecule has 2 amide bonds. The number of carbonyl (C=O) groups excluding carboxylic acids is 2. The van der Waals surface area contributed by atoms with Crippen molar-refractivity contribution >= 4 is 11.8 Å². The van der Waals surface area contributed by atoms with Crippen molar-refractivity contribution in [1.29, 1.82) is 0 Å². The number of rotatable bonds is 4. The van der Waals surface area contributed by atoms with Gasteiger partial charge in [-0.25, -0.2) is 0 Å². The van der Waals surface area contributed by atoms with Crippen molar-refractivity contribution in [3.8, 4) is 5.75 Å². The lowest BCUT2D eigenvalue weighted by molar-refractivity contribution is -0.131. The Hall–Kier alpha value is -2.76. The second-order valence-electron chi connectivity index (χ2n) is 5.80. The summed E-state index contributed by atoms with van der Waals surface area (Å²) in [6.45, 7) is 2.27. The molecule has 126 valence electrons. The molecule has 2 heterocycles. The van der Waals surface area contributed by atoms with Gasteiger partial charge in [-0.3, -0.25) is 9.59 Å². The van der Waals surface area contributed by atoms with E-state index in [1.165, 1.54) is 0 Å². The minimum absolute atomic E-state index is 0.00427. The molecule has 0 unspecified atom stereocenters. The number of aromatic amines is 1. The molecule has 24 heavy (non-hydrogen) atoms. The van der Waals surface area contributed by atoms with Crippen molar-refractivity contribution in [2.24, 2.45) is 0 Å². The Morgan fingerprint density at radius 2 is 1.71 bits per heavy atom. The number of nitrogens with zero attached hydrogens (tertiary/aromatic N) is 2. The van der Waals surface area contributed by atoms with Crippen molar-refractivity contribution in [2.75, 3.05) is 33.3 Å². The minimum atomic E-state index is -0.00427. The summed E-state index contributed by atoms with van der Waals surface area (Å²) in [5.74, 6) is 0.827. The molecule has 1 aromatic carbocycles. The van der Waals surface area contributed by atoms with Crippen molar-refractivity contribution in [3.05, 3.63) is 53.9 Å². The smallest absolute Gasteiger partial charge is 0.253 e. The van der Waals surface area contributed by atoms with Gasteiger partial charge >= 0.3 is 0 Å². The molecule has 3 rings (SSSR count). The van der Waals surface area contributed by atoms with E-state index in [1.54, 1.807) is 36.3 Å². The Labute approximate surface area is 141 Å². The predicted octanol–water partition coefficient (Wildman–Crippen LogP) is 1.55. The van der Waals surface area contributed by atoms with Gasteiger partial charge < -0.3 is 19.5 Å². The number of benzene rings is 1.